The third kappa shape index (κ3) is 4.19. The van der Waals surface area contributed by atoms with E-state index < -0.39 is 0 Å². The van der Waals surface area contributed by atoms with Gasteiger partial charge in [-0.05, 0) is 35.2 Å². The standard InChI is InChI=1S/C19H22O2/c1-3-5-6-11-18(21-19(20)4-2)17-13-12-15-9-7-8-10-16(15)14-17/h4,7-10,12-14,18H,2-3,5-6,11H2,1H3. The molecule has 0 saturated carbocycles. The molecule has 0 aliphatic heterocycles. The van der Waals surface area contributed by atoms with Crippen molar-refractivity contribution in [3.63, 3.8) is 0 Å². The molecule has 2 nitrogen and oxygen atoms in total. The maximum atomic E-state index is 11.6. The van der Waals surface area contributed by atoms with Gasteiger partial charge in [0.25, 0.3) is 0 Å². The maximum absolute atomic E-state index is 11.6. The average molecular weight is 282 g/mol. The van der Waals surface area contributed by atoms with Crippen molar-refractivity contribution >= 4 is 16.7 Å². The number of hydrogen-bond donors (Lipinski definition) is 0. The third-order valence-electron chi connectivity index (χ3n) is 3.64. The second kappa shape index (κ2) is 7.63. The number of fused-ring (bicyclic) bond motifs is 1. The van der Waals surface area contributed by atoms with Crippen LogP contribution in [0, 0.1) is 0 Å². The van der Waals surface area contributed by atoms with Crippen molar-refractivity contribution in [2.75, 3.05) is 0 Å². The van der Waals surface area contributed by atoms with Crippen molar-refractivity contribution in [1.29, 1.82) is 0 Å². The van der Waals surface area contributed by atoms with E-state index in [0.29, 0.717) is 0 Å². The summed E-state index contributed by atoms with van der Waals surface area (Å²) in [5.41, 5.74) is 1.06. The number of rotatable bonds is 7. The highest BCUT2D eigenvalue weighted by Gasteiger charge is 2.15. The van der Waals surface area contributed by atoms with Crippen LogP contribution in [0.5, 0.6) is 0 Å². The van der Waals surface area contributed by atoms with Gasteiger partial charge in [0, 0.05) is 6.08 Å². The number of unbranched alkanes of at least 4 members (excludes halogenated alkanes) is 2. The fourth-order valence-electron chi connectivity index (χ4n) is 2.47. The van der Waals surface area contributed by atoms with Gasteiger partial charge in [-0.1, -0.05) is 62.7 Å². The molecule has 0 spiro atoms. The Balaban J connectivity index is 2.23. The lowest BCUT2D eigenvalue weighted by atomic mass is 9.99. The van der Waals surface area contributed by atoms with E-state index in [2.05, 4.69) is 43.8 Å². The Morgan fingerprint density at radius 1 is 1.19 bits per heavy atom. The molecule has 0 amide bonds. The zero-order chi connectivity index (χ0) is 15.1. The van der Waals surface area contributed by atoms with Gasteiger partial charge < -0.3 is 4.74 Å². The summed E-state index contributed by atoms with van der Waals surface area (Å²) in [5.74, 6) is -0.357. The second-order valence-corrected chi connectivity index (χ2v) is 5.23. The number of ether oxygens (including phenoxy) is 1. The van der Waals surface area contributed by atoms with Gasteiger partial charge in [0.05, 0.1) is 0 Å². The minimum Gasteiger partial charge on any atom is -0.454 e. The van der Waals surface area contributed by atoms with E-state index in [1.165, 1.54) is 16.8 Å². The van der Waals surface area contributed by atoms with Crippen molar-refractivity contribution in [1.82, 2.24) is 0 Å². The van der Waals surface area contributed by atoms with Gasteiger partial charge in [-0.25, -0.2) is 4.79 Å². The van der Waals surface area contributed by atoms with E-state index in [1.807, 2.05) is 12.1 Å². The number of carbonyl (C=O) groups is 1. The van der Waals surface area contributed by atoms with Crippen molar-refractivity contribution < 1.29 is 9.53 Å². The highest BCUT2D eigenvalue weighted by molar-refractivity contribution is 5.84. The van der Waals surface area contributed by atoms with Crippen LogP contribution >= 0.6 is 0 Å². The minimum absolute atomic E-state index is 0.188. The SMILES string of the molecule is C=CC(=O)OC(CCCCC)c1ccc2ccccc2c1. The molecule has 21 heavy (non-hydrogen) atoms. The summed E-state index contributed by atoms with van der Waals surface area (Å²) < 4.78 is 5.52. The lowest BCUT2D eigenvalue weighted by Crippen LogP contribution is -2.09. The van der Waals surface area contributed by atoms with Crippen LogP contribution in [-0.2, 0) is 9.53 Å². The fourth-order valence-corrected chi connectivity index (χ4v) is 2.47. The minimum atomic E-state index is -0.357. The molecule has 110 valence electrons. The third-order valence-corrected chi connectivity index (χ3v) is 3.64. The van der Waals surface area contributed by atoms with E-state index in [1.54, 1.807) is 0 Å². The highest BCUT2D eigenvalue weighted by atomic mass is 16.5. The molecule has 0 bridgehead atoms. The van der Waals surface area contributed by atoms with Crippen LogP contribution in [-0.4, -0.2) is 5.97 Å². The van der Waals surface area contributed by atoms with E-state index >= 15 is 0 Å². The molecular formula is C19H22O2. The summed E-state index contributed by atoms with van der Waals surface area (Å²) in [7, 11) is 0. The second-order valence-electron chi connectivity index (χ2n) is 5.23. The molecule has 1 atom stereocenters. The van der Waals surface area contributed by atoms with Gasteiger partial charge in [-0.3, -0.25) is 0 Å². The Morgan fingerprint density at radius 3 is 2.67 bits per heavy atom. The van der Waals surface area contributed by atoms with Gasteiger partial charge in [-0.15, -0.1) is 0 Å². The zero-order valence-electron chi connectivity index (χ0n) is 12.5. The molecule has 0 aromatic heterocycles. The first-order valence-corrected chi connectivity index (χ1v) is 7.56. The van der Waals surface area contributed by atoms with Gasteiger partial charge >= 0.3 is 5.97 Å². The normalized spacial score (nSPS) is 12.0. The molecule has 0 fully saturated rings. The number of esters is 1. The quantitative estimate of drug-likeness (QED) is 0.397. The van der Waals surface area contributed by atoms with Crippen LogP contribution in [0.4, 0.5) is 0 Å². The summed E-state index contributed by atoms with van der Waals surface area (Å²) in [5, 5.41) is 2.37. The topological polar surface area (TPSA) is 26.3 Å². The average Bonchev–Trinajstić information content (AvgIpc) is 2.53. The lowest BCUT2D eigenvalue weighted by molar-refractivity contribution is -0.143. The summed E-state index contributed by atoms with van der Waals surface area (Å²) in [4.78, 5) is 11.6. The maximum Gasteiger partial charge on any atom is 0.330 e. The number of benzene rings is 2. The molecule has 0 heterocycles. The van der Waals surface area contributed by atoms with Gasteiger partial charge in [0.2, 0.25) is 0 Å². The Labute approximate surface area is 126 Å². The molecule has 0 aliphatic rings. The first-order valence-electron chi connectivity index (χ1n) is 7.56. The Kier molecular flexibility index (Phi) is 5.56. The molecule has 0 aliphatic carbocycles. The predicted molar refractivity (Wildman–Crippen MR) is 87.1 cm³/mol. The van der Waals surface area contributed by atoms with Crippen LogP contribution in [0.1, 0.15) is 44.3 Å². The number of carbonyl (C=O) groups excluding carboxylic acids is 1. The molecule has 2 rings (SSSR count). The van der Waals surface area contributed by atoms with Crippen molar-refractivity contribution in [2.24, 2.45) is 0 Å². The smallest absolute Gasteiger partial charge is 0.330 e. The molecule has 1 unspecified atom stereocenters. The van der Waals surface area contributed by atoms with Crippen molar-refractivity contribution in [2.45, 2.75) is 38.7 Å². The molecular weight excluding hydrogens is 260 g/mol. The number of hydrogen-bond acceptors (Lipinski definition) is 2. The van der Waals surface area contributed by atoms with Crippen molar-refractivity contribution in [3.8, 4) is 0 Å². The van der Waals surface area contributed by atoms with Gasteiger partial charge in [0.15, 0.2) is 0 Å². The first kappa shape index (κ1) is 15.3. The summed E-state index contributed by atoms with van der Waals surface area (Å²) >= 11 is 0. The largest absolute Gasteiger partial charge is 0.454 e. The molecule has 0 radical (unpaired) electrons. The van der Waals surface area contributed by atoms with Crippen LogP contribution in [0.2, 0.25) is 0 Å². The van der Waals surface area contributed by atoms with E-state index in [9.17, 15) is 4.79 Å². The Morgan fingerprint density at radius 2 is 1.95 bits per heavy atom. The van der Waals surface area contributed by atoms with Gasteiger partial charge in [0.1, 0.15) is 6.10 Å². The van der Waals surface area contributed by atoms with Crippen LogP contribution in [0.25, 0.3) is 10.8 Å². The lowest BCUT2D eigenvalue weighted by Gasteiger charge is -2.18. The van der Waals surface area contributed by atoms with E-state index in [0.717, 1.165) is 31.2 Å². The Hall–Kier alpha value is -2.09. The van der Waals surface area contributed by atoms with Crippen LogP contribution in [0.3, 0.4) is 0 Å². The summed E-state index contributed by atoms with van der Waals surface area (Å²) in [6.07, 6.45) is 5.25. The molecule has 2 heteroatoms. The highest BCUT2D eigenvalue weighted by Crippen LogP contribution is 2.27. The molecule has 0 N–H and O–H groups in total. The van der Waals surface area contributed by atoms with E-state index in [4.69, 9.17) is 4.74 Å². The van der Waals surface area contributed by atoms with E-state index in [-0.39, 0.29) is 12.1 Å². The van der Waals surface area contributed by atoms with Crippen LogP contribution < -0.4 is 0 Å². The summed E-state index contributed by atoms with van der Waals surface area (Å²) in [6.45, 7) is 5.65. The van der Waals surface area contributed by atoms with Gasteiger partial charge in [-0.2, -0.15) is 0 Å². The van der Waals surface area contributed by atoms with Crippen molar-refractivity contribution in [3.05, 3.63) is 60.7 Å². The fraction of sp³-hybridized carbons (Fsp3) is 0.316. The first-order chi connectivity index (χ1) is 10.2. The Bertz CT molecular complexity index is 616. The monoisotopic (exact) mass is 282 g/mol. The summed E-state index contributed by atoms with van der Waals surface area (Å²) in [6, 6.07) is 14.5. The predicted octanol–water partition coefficient (Wildman–Crippen LogP) is 5.19. The molecule has 2 aromatic carbocycles. The van der Waals surface area contributed by atoms with Crippen LogP contribution in [0.15, 0.2) is 55.1 Å². The molecule has 2 aromatic rings. The molecule has 0 saturated heterocycles. The zero-order valence-corrected chi connectivity index (χ0v) is 12.5.